The molecule has 0 saturated carbocycles. The van der Waals surface area contributed by atoms with Gasteiger partial charge in [0.05, 0.1) is 13.7 Å². The third-order valence-electron chi connectivity index (χ3n) is 5.32. The van der Waals surface area contributed by atoms with Gasteiger partial charge in [-0.2, -0.15) is 4.89 Å². The zero-order valence-electron chi connectivity index (χ0n) is 16.9. The monoisotopic (exact) mass is 385 g/mol. The van der Waals surface area contributed by atoms with Crippen LogP contribution in [0.1, 0.15) is 36.7 Å². The summed E-state index contributed by atoms with van der Waals surface area (Å²) in [5.74, 6) is -0.694. The molecule has 2 aromatic carbocycles. The zero-order chi connectivity index (χ0) is 20.4. The molecule has 1 heterocycles. The van der Waals surface area contributed by atoms with Gasteiger partial charge in [-0.1, -0.05) is 51.1 Å². The van der Waals surface area contributed by atoms with Crippen LogP contribution < -0.4 is 10.1 Å². The number of ether oxygens (including phenoxy) is 2. The Morgan fingerprint density at radius 1 is 1.04 bits per heavy atom. The van der Waals surface area contributed by atoms with Crippen molar-refractivity contribution in [1.29, 1.82) is 0 Å². The molecule has 0 aliphatic carbocycles. The van der Waals surface area contributed by atoms with E-state index < -0.39 is 16.8 Å². The SMILES string of the molecule is COc1cccc(C2(OC)OOC2(CNC(=O)c2ccccc2)C(C)(C)C)c1. The second kappa shape index (κ2) is 7.54. The van der Waals surface area contributed by atoms with Crippen LogP contribution >= 0.6 is 0 Å². The van der Waals surface area contributed by atoms with Crippen LogP contribution in [0.5, 0.6) is 5.75 Å². The smallest absolute Gasteiger partial charge is 0.262 e. The molecular weight excluding hydrogens is 358 g/mol. The van der Waals surface area contributed by atoms with Crippen LogP contribution in [0.25, 0.3) is 0 Å². The first-order chi connectivity index (χ1) is 13.3. The van der Waals surface area contributed by atoms with E-state index in [1.165, 1.54) is 0 Å². The number of benzene rings is 2. The number of hydrogen-bond acceptors (Lipinski definition) is 5. The van der Waals surface area contributed by atoms with Crippen LogP contribution in [0.3, 0.4) is 0 Å². The van der Waals surface area contributed by atoms with Crippen molar-refractivity contribution >= 4 is 5.91 Å². The van der Waals surface area contributed by atoms with E-state index in [9.17, 15) is 4.79 Å². The molecule has 1 N–H and O–H groups in total. The molecule has 6 heteroatoms. The fourth-order valence-corrected chi connectivity index (χ4v) is 3.57. The summed E-state index contributed by atoms with van der Waals surface area (Å²) in [7, 11) is 3.18. The van der Waals surface area contributed by atoms with Crippen LogP contribution in [0.2, 0.25) is 0 Å². The molecule has 1 saturated heterocycles. The highest BCUT2D eigenvalue weighted by Crippen LogP contribution is 2.57. The standard InChI is InChI=1S/C22H27NO5/c1-20(2,3)21(15-23-19(24)16-10-7-6-8-11-16)22(26-5,28-27-21)17-12-9-13-18(14-17)25-4/h6-14H,15H2,1-5H3,(H,23,24). The quantitative estimate of drug-likeness (QED) is 0.769. The summed E-state index contributed by atoms with van der Waals surface area (Å²) in [4.78, 5) is 24.0. The molecule has 2 atom stereocenters. The minimum absolute atomic E-state index is 0.185. The van der Waals surface area contributed by atoms with E-state index in [1.807, 2.05) is 63.2 Å². The molecule has 0 bridgehead atoms. The van der Waals surface area contributed by atoms with Crippen molar-refractivity contribution < 1.29 is 24.0 Å². The van der Waals surface area contributed by atoms with Crippen LogP contribution in [0.4, 0.5) is 0 Å². The molecule has 0 radical (unpaired) electrons. The molecule has 1 aliphatic rings. The molecule has 1 aliphatic heterocycles. The Bertz CT molecular complexity index is 828. The Morgan fingerprint density at radius 2 is 1.75 bits per heavy atom. The summed E-state index contributed by atoms with van der Waals surface area (Å²) in [6.07, 6.45) is 0. The second-order valence-electron chi connectivity index (χ2n) is 7.85. The Morgan fingerprint density at radius 3 is 2.29 bits per heavy atom. The Kier molecular flexibility index (Phi) is 5.48. The molecule has 0 aromatic heterocycles. The number of carbonyl (C=O) groups excluding carboxylic acids is 1. The average molecular weight is 385 g/mol. The minimum atomic E-state index is -1.19. The Hall–Kier alpha value is -2.41. The van der Waals surface area contributed by atoms with Gasteiger partial charge in [-0.3, -0.25) is 4.79 Å². The highest BCUT2D eigenvalue weighted by atomic mass is 17.3. The van der Waals surface area contributed by atoms with E-state index in [-0.39, 0.29) is 12.5 Å². The zero-order valence-corrected chi connectivity index (χ0v) is 16.9. The number of nitrogens with one attached hydrogen (secondary N) is 1. The molecule has 1 fully saturated rings. The van der Waals surface area contributed by atoms with Gasteiger partial charge in [0.25, 0.3) is 11.7 Å². The van der Waals surface area contributed by atoms with E-state index in [0.717, 1.165) is 5.56 Å². The Labute approximate surface area is 165 Å². The average Bonchev–Trinajstić information content (AvgIpc) is 2.68. The molecule has 28 heavy (non-hydrogen) atoms. The van der Waals surface area contributed by atoms with E-state index in [2.05, 4.69) is 5.32 Å². The lowest BCUT2D eigenvalue weighted by atomic mass is 9.67. The fourth-order valence-electron chi connectivity index (χ4n) is 3.57. The van der Waals surface area contributed by atoms with Crippen molar-refractivity contribution in [2.75, 3.05) is 20.8 Å². The number of amides is 1. The maximum Gasteiger partial charge on any atom is 0.262 e. The summed E-state index contributed by atoms with van der Waals surface area (Å²) in [6, 6.07) is 16.5. The summed E-state index contributed by atoms with van der Waals surface area (Å²) in [5, 5.41) is 2.98. The third-order valence-corrected chi connectivity index (χ3v) is 5.32. The van der Waals surface area contributed by atoms with Gasteiger partial charge in [-0.15, -0.1) is 0 Å². The van der Waals surface area contributed by atoms with Crippen LogP contribution in [-0.2, 0) is 20.3 Å². The van der Waals surface area contributed by atoms with Gasteiger partial charge >= 0.3 is 0 Å². The molecule has 6 nitrogen and oxygen atoms in total. The third kappa shape index (κ3) is 3.17. The van der Waals surface area contributed by atoms with Crippen LogP contribution in [0.15, 0.2) is 54.6 Å². The minimum Gasteiger partial charge on any atom is -0.497 e. The highest BCUT2D eigenvalue weighted by molar-refractivity contribution is 5.94. The van der Waals surface area contributed by atoms with Gasteiger partial charge in [-0.05, 0) is 24.3 Å². The predicted molar refractivity (Wildman–Crippen MR) is 105 cm³/mol. The van der Waals surface area contributed by atoms with Crippen molar-refractivity contribution in [1.82, 2.24) is 5.32 Å². The molecule has 2 aromatic rings. The van der Waals surface area contributed by atoms with Gasteiger partial charge in [-0.25, -0.2) is 4.89 Å². The van der Waals surface area contributed by atoms with Crippen molar-refractivity contribution in [2.24, 2.45) is 5.41 Å². The predicted octanol–water partition coefficient (Wildman–Crippen LogP) is 3.67. The van der Waals surface area contributed by atoms with Gasteiger partial charge in [0.1, 0.15) is 5.75 Å². The van der Waals surface area contributed by atoms with E-state index in [0.29, 0.717) is 11.3 Å². The summed E-state index contributed by atoms with van der Waals surface area (Å²) >= 11 is 0. The first kappa shape index (κ1) is 20.3. The molecule has 2 unspecified atom stereocenters. The van der Waals surface area contributed by atoms with Crippen molar-refractivity contribution in [2.45, 2.75) is 32.2 Å². The first-order valence-electron chi connectivity index (χ1n) is 9.19. The second-order valence-corrected chi connectivity index (χ2v) is 7.85. The lowest BCUT2D eigenvalue weighted by molar-refractivity contribution is -0.632. The summed E-state index contributed by atoms with van der Waals surface area (Å²) in [6.45, 7) is 6.28. The maximum atomic E-state index is 12.6. The summed E-state index contributed by atoms with van der Waals surface area (Å²) in [5.41, 5.74) is -0.0412. The molecule has 1 amide bonds. The first-order valence-corrected chi connectivity index (χ1v) is 9.19. The van der Waals surface area contributed by atoms with E-state index >= 15 is 0 Å². The van der Waals surface area contributed by atoms with Crippen LogP contribution in [-0.4, -0.2) is 32.3 Å². The number of rotatable bonds is 6. The number of carbonyl (C=O) groups is 1. The molecular formula is C22H27NO5. The maximum absolute atomic E-state index is 12.6. The van der Waals surface area contributed by atoms with Crippen molar-refractivity contribution in [3.63, 3.8) is 0 Å². The topological polar surface area (TPSA) is 66.0 Å². The fraction of sp³-hybridized carbons (Fsp3) is 0.409. The lowest BCUT2D eigenvalue weighted by Crippen LogP contribution is -2.75. The number of methoxy groups -OCH3 is 2. The molecule has 3 rings (SSSR count). The van der Waals surface area contributed by atoms with Crippen molar-refractivity contribution in [3.05, 3.63) is 65.7 Å². The van der Waals surface area contributed by atoms with E-state index in [4.69, 9.17) is 19.2 Å². The molecule has 150 valence electrons. The van der Waals surface area contributed by atoms with Gasteiger partial charge < -0.3 is 14.8 Å². The largest absolute Gasteiger partial charge is 0.497 e. The van der Waals surface area contributed by atoms with Gasteiger partial charge in [0.15, 0.2) is 5.60 Å². The van der Waals surface area contributed by atoms with Crippen molar-refractivity contribution in [3.8, 4) is 5.75 Å². The normalized spacial score (nSPS) is 24.3. The van der Waals surface area contributed by atoms with Gasteiger partial charge in [0.2, 0.25) is 0 Å². The van der Waals surface area contributed by atoms with Gasteiger partial charge in [0, 0.05) is 23.7 Å². The molecule has 0 spiro atoms. The highest BCUT2D eigenvalue weighted by Gasteiger charge is 2.71. The Balaban J connectivity index is 1.95. The van der Waals surface area contributed by atoms with Crippen LogP contribution in [0, 0.1) is 5.41 Å². The summed E-state index contributed by atoms with van der Waals surface area (Å²) < 4.78 is 11.2. The lowest BCUT2D eigenvalue weighted by Gasteiger charge is -2.60. The van der Waals surface area contributed by atoms with E-state index in [1.54, 1.807) is 26.4 Å². The number of hydrogen-bond donors (Lipinski definition) is 1.